The molecule has 0 aliphatic heterocycles. The molecule has 0 aliphatic rings. The Bertz CT molecular complexity index is 577. The van der Waals surface area contributed by atoms with Gasteiger partial charge >= 0.3 is 0 Å². The van der Waals surface area contributed by atoms with Gasteiger partial charge in [0.2, 0.25) is 0 Å². The number of nitrogens with one attached hydrogen (secondary N) is 1. The number of hydrogen-bond donors (Lipinski definition) is 1. The van der Waals surface area contributed by atoms with Gasteiger partial charge in [0, 0.05) is 5.69 Å². The molecule has 4 nitrogen and oxygen atoms in total. The molecular weight excluding hydrogens is 334 g/mol. The van der Waals surface area contributed by atoms with E-state index < -0.39 is 0 Å². The molecule has 0 bridgehead atoms. The fourth-order valence-corrected chi connectivity index (χ4v) is 2.11. The van der Waals surface area contributed by atoms with Crippen LogP contribution in [0.15, 0.2) is 45.5 Å². The number of carbonyl (C=O) groups excluding carboxylic acids is 1. The zero-order valence-corrected chi connectivity index (χ0v) is 13.5. The van der Waals surface area contributed by atoms with Crippen LogP contribution in [0.2, 0.25) is 0 Å². The number of carbonyl (C=O) groups is 1. The second kappa shape index (κ2) is 7.88. The predicted octanol–water partition coefficient (Wildman–Crippen LogP) is 4.86. The zero-order valence-electron chi connectivity index (χ0n) is 11.9. The molecule has 21 heavy (non-hydrogen) atoms. The van der Waals surface area contributed by atoms with E-state index in [2.05, 4.69) is 28.2 Å². The number of benzene rings is 1. The maximum absolute atomic E-state index is 11.9. The van der Waals surface area contributed by atoms with Crippen molar-refractivity contribution >= 4 is 27.5 Å². The molecule has 112 valence electrons. The number of unbranched alkanes of at least 4 members (excludes halogenated alkanes) is 2. The summed E-state index contributed by atoms with van der Waals surface area (Å²) in [6, 6.07) is 10.6. The lowest BCUT2D eigenvalue weighted by atomic mass is 10.2. The van der Waals surface area contributed by atoms with Gasteiger partial charge in [0.05, 0.1) is 6.61 Å². The fraction of sp³-hybridized carbons (Fsp3) is 0.312. The van der Waals surface area contributed by atoms with Gasteiger partial charge in [-0.05, 0) is 58.7 Å². The summed E-state index contributed by atoms with van der Waals surface area (Å²) in [5.74, 6) is 0.795. The maximum Gasteiger partial charge on any atom is 0.291 e. The summed E-state index contributed by atoms with van der Waals surface area (Å²) < 4.78 is 11.3. The molecule has 5 heteroatoms. The first-order chi connectivity index (χ1) is 10.2. The Morgan fingerprint density at radius 1 is 1.19 bits per heavy atom. The van der Waals surface area contributed by atoms with E-state index in [-0.39, 0.29) is 11.7 Å². The smallest absolute Gasteiger partial charge is 0.291 e. The van der Waals surface area contributed by atoms with Gasteiger partial charge in [0.15, 0.2) is 10.4 Å². The molecule has 0 atom stereocenters. The highest BCUT2D eigenvalue weighted by Gasteiger charge is 2.10. The van der Waals surface area contributed by atoms with E-state index >= 15 is 0 Å². The van der Waals surface area contributed by atoms with Crippen LogP contribution in [0.1, 0.15) is 36.7 Å². The average Bonchev–Trinajstić information content (AvgIpc) is 2.92. The standard InChI is InChI=1S/C16H18BrNO3/c1-2-3-4-11-20-13-7-5-12(6-8-13)18-16(19)14-9-10-15(17)21-14/h5-10H,2-4,11H2,1H3,(H,18,19). The van der Waals surface area contributed by atoms with Gasteiger partial charge in [-0.15, -0.1) is 0 Å². The molecule has 1 N–H and O–H groups in total. The highest BCUT2D eigenvalue weighted by atomic mass is 79.9. The molecule has 2 aromatic rings. The minimum atomic E-state index is -0.280. The third kappa shape index (κ3) is 4.93. The lowest BCUT2D eigenvalue weighted by molar-refractivity contribution is 0.0995. The van der Waals surface area contributed by atoms with E-state index in [4.69, 9.17) is 9.15 Å². The molecule has 0 spiro atoms. The van der Waals surface area contributed by atoms with Gasteiger partial charge in [-0.2, -0.15) is 0 Å². The normalized spacial score (nSPS) is 10.4. The number of hydrogen-bond acceptors (Lipinski definition) is 3. The Morgan fingerprint density at radius 2 is 1.95 bits per heavy atom. The Hall–Kier alpha value is -1.75. The number of halogens is 1. The minimum absolute atomic E-state index is 0.266. The van der Waals surface area contributed by atoms with E-state index in [1.165, 1.54) is 12.8 Å². The van der Waals surface area contributed by atoms with E-state index in [0.717, 1.165) is 18.8 Å². The summed E-state index contributed by atoms with van der Waals surface area (Å²) >= 11 is 3.17. The van der Waals surface area contributed by atoms with Crippen LogP contribution < -0.4 is 10.1 Å². The van der Waals surface area contributed by atoms with Gasteiger partial charge in [-0.1, -0.05) is 19.8 Å². The summed E-state index contributed by atoms with van der Waals surface area (Å²) in [6.07, 6.45) is 3.41. The highest BCUT2D eigenvalue weighted by Crippen LogP contribution is 2.18. The predicted molar refractivity (Wildman–Crippen MR) is 85.8 cm³/mol. The summed E-state index contributed by atoms with van der Waals surface area (Å²) in [5, 5.41) is 2.77. The SMILES string of the molecule is CCCCCOc1ccc(NC(=O)c2ccc(Br)o2)cc1. The van der Waals surface area contributed by atoms with E-state index in [0.29, 0.717) is 10.4 Å². The van der Waals surface area contributed by atoms with Crippen molar-refractivity contribution in [3.63, 3.8) is 0 Å². The van der Waals surface area contributed by atoms with Gasteiger partial charge in [-0.25, -0.2) is 0 Å². The number of amides is 1. The Kier molecular flexibility index (Phi) is 5.87. The lowest BCUT2D eigenvalue weighted by Crippen LogP contribution is -2.10. The first-order valence-corrected chi connectivity index (χ1v) is 7.78. The van der Waals surface area contributed by atoms with Crippen molar-refractivity contribution in [2.45, 2.75) is 26.2 Å². The molecule has 1 heterocycles. The third-order valence-corrected chi connectivity index (χ3v) is 3.35. The van der Waals surface area contributed by atoms with Crippen LogP contribution >= 0.6 is 15.9 Å². The molecule has 0 saturated carbocycles. The number of anilines is 1. The van der Waals surface area contributed by atoms with E-state index in [9.17, 15) is 4.79 Å². The number of rotatable bonds is 7. The van der Waals surface area contributed by atoms with Crippen LogP contribution in [0, 0.1) is 0 Å². The molecular formula is C16H18BrNO3. The van der Waals surface area contributed by atoms with E-state index in [1.54, 1.807) is 12.1 Å². The van der Waals surface area contributed by atoms with Crippen LogP contribution in [0.4, 0.5) is 5.69 Å². The third-order valence-electron chi connectivity index (χ3n) is 2.93. The average molecular weight is 352 g/mol. The number of furan rings is 1. The van der Waals surface area contributed by atoms with Crippen molar-refractivity contribution in [3.05, 3.63) is 46.8 Å². The van der Waals surface area contributed by atoms with Crippen LogP contribution in [-0.4, -0.2) is 12.5 Å². The molecule has 1 aromatic heterocycles. The summed E-state index contributed by atoms with van der Waals surface area (Å²) in [5.41, 5.74) is 0.702. The van der Waals surface area contributed by atoms with Crippen molar-refractivity contribution < 1.29 is 13.9 Å². The van der Waals surface area contributed by atoms with Crippen molar-refractivity contribution in [3.8, 4) is 5.75 Å². The largest absolute Gasteiger partial charge is 0.494 e. The fourth-order valence-electron chi connectivity index (χ4n) is 1.81. The minimum Gasteiger partial charge on any atom is -0.494 e. The summed E-state index contributed by atoms with van der Waals surface area (Å²) in [6.45, 7) is 2.88. The quantitative estimate of drug-likeness (QED) is 0.724. The molecule has 1 aromatic carbocycles. The van der Waals surface area contributed by atoms with Crippen molar-refractivity contribution in [2.24, 2.45) is 0 Å². The summed E-state index contributed by atoms with van der Waals surface area (Å²) in [7, 11) is 0. The van der Waals surface area contributed by atoms with Crippen molar-refractivity contribution in [1.82, 2.24) is 0 Å². The van der Waals surface area contributed by atoms with Crippen LogP contribution in [0.5, 0.6) is 5.75 Å². The molecule has 0 unspecified atom stereocenters. The second-order valence-corrected chi connectivity index (χ2v) is 5.42. The summed E-state index contributed by atoms with van der Waals surface area (Å²) in [4.78, 5) is 11.9. The van der Waals surface area contributed by atoms with Crippen molar-refractivity contribution in [1.29, 1.82) is 0 Å². The Morgan fingerprint density at radius 3 is 2.57 bits per heavy atom. The zero-order chi connectivity index (χ0) is 15.1. The van der Waals surface area contributed by atoms with Gasteiger partial charge in [-0.3, -0.25) is 4.79 Å². The molecule has 1 amide bonds. The van der Waals surface area contributed by atoms with Gasteiger partial charge in [0.25, 0.3) is 5.91 Å². The first-order valence-electron chi connectivity index (χ1n) is 6.98. The highest BCUT2D eigenvalue weighted by molar-refractivity contribution is 9.10. The molecule has 0 radical (unpaired) electrons. The van der Waals surface area contributed by atoms with E-state index in [1.807, 2.05) is 24.3 Å². The van der Waals surface area contributed by atoms with Crippen LogP contribution in [0.25, 0.3) is 0 Å². The lowest BCUT2D eigenvalue weighted by Gasteiger charge is -2.07. The maximum atomic E-state index is 11.9. The van der Waals surface area contributed by atoms with Gasteiger partial charge in [0.1, 0.15) is 5.75 Å². The van der Waals surface area contributed by atoms with Crippen LogP contribution in [-0.2, 0) is 0 Å². The molecule has 0 aliphatic carbocycles. The van der Waals surface area contributed by atoms with Crippen molar-refractivity contribution in [2.75, 3.05) is 11.9 Å². The molecule has 0 saturated heterocycles. The molecule has 2 rings (SSSR count). The Labute approximate surface area is 132 Å². The number of ether oxygens (including phenoxy) is 1. The molecule has 0 fully saturated rings. The first kappa shape index (κ1) is 15.6. The topological polar surface area (TPSA) is 51.5 Å². The Balaban J connectivity index is 1.86. The second-order valence-electron chi connectivity index (χ2n) is 4.64. The van der Waals surface area contributed by atoms with Gasteiger partial charge < -0.3 is 14.5 Å². The monoisotopic (exact) mass is 351 g/mol. The van der Waals surface area contributed by atoms with Crippen LogP contribution in [0.3, 0.4) is 0 Å².